The van der Waals surface area contributed by atoms with Gasteiger partial charge in [0.15, 0.2) is 9.84 Å². The van der Waals surface area contributed by atoms with Crippen LogP contribution in [0.25, 0.3) is 0 Å². The van der Waals surface area contributed by atoms with Crippen LogP contribution in [0, 0.1) is 0 Å². The monoisotopic (exact) mass is 308 g/mol. The number of piperidine rings is 1. The molecule has 0 saturated carbocycles. The van der Waals surface area contributed by atoms with E-state index in [1.165, 1.54) is 19.4 Å². The molecular formula is C16H24N2O2S. The Balaban J connectivity index is 1.78. The van der Waals surface area contributed by atoms with E-state index in [0.717, 1.165) is 18.7 Å². The van der Waals surface area contributed by atoms with Crippen LogP contribution in [0.4, 0.5) is 0 Å². The van der Waals surface area contributed by atoms with Gasteiger partial charge in [0.2, 0.25) is 0 Å². The van der Waals surface area contributed by atoms with Gasteiger partial charge in [-0.3, -0.25) is 0 Å². The zero-order valence-electron chi connectivity index (χ0n) is 12.6. The summed E-state index contributed by atoms with van der Waals surface area (Å²) >= 11 is 0. The van der Waals surface area contributed by atoms with E-state index in [2.05, 4.69) is 17.1 Å². The molecule has 0 aromatic heterocycles. The first-order valence-electron chi connectivity index (χ1n) is 7.90. The van der Waals surface area contributed by atoms with Crippen LogP contribution in [-0.2, 0) is 9.84 Å². The molecule has 1 saturated heterocycles. The lowest BCUT2D eigenvalue weighted by Crippen LogP contribution is -2.47. The number of hydrogen-bond donors (Lipinski definition) is 1. The van der Waals surface area contributed by atoms with E-state index in [0.29, 0.717) is 17.4 Å². The number of nitrogens with one attached hydrogen (secondary N) is 1. The van der Waals surface area contributed by atoms with Crippen LogP contribution in [0.15, 0.2) is 29.2 Å². The Morgan fingerprint density at radius 3 is 2.90 bits per heavy atom. The van der Waals surface area contributed by atoms with Gasteiger partial charge in [-0.15, -0.1) is 0 Å². The van der Waals surface area contributed by atoms with Gasteiger partial charge in [-0.2, -0.15) is 0 Å². The highest BCUT2D eigenvalue weighted by Crippen LogP contribution is 2.32. The highest BCUT2D eigenvalue weighted by molar-refractivity contribution is 7.91. The number of nitrogens with zero attached hydrogens (tertiary/aromatic N) is 1. The maximum Gasteiger partial charge on any atom is 0.178 e. The summed E-state index contributed by atoms with van der Waals surface area (Å²) in [6.07, 6.45) is 3.09. The molecule has 1 aromatic carbocycles. The highest BCUT2D eigenvalue weighted by Gasteiger charge is 2.31. The summed E-state index contributed by atoms with van der Waals surface area (Å²) in [7, 11) is -3.08. The van der Waals surface area contributed by atoms with Gasteiger partial charge >= 0.3 is 0 Å². The average molecular weight is 308 g/mol. The van der Waals surface area contributed by atoms with Crippen LogP contribution in [0.2, 0.25) is 0 Å². The van der Waals surface area contributed by atoms with Crippen molar-refractivity contribution in [2.45, 2.75) is 43.2 Å². The van der Waals surface area contributed by atoms with Crippen molar-refractivity contribution in [3.63, 3.8) is 0 Å². The van der Waals surface area contributed by atoms with Crippen LogP contribution in [0.3, 0.4) is 0 Å². The second-order valence-electron chi connectivity index (χ2n) is 6.10. The lowest BCUT2D eigenvalue weighted by molar-refractivity contribution is 0.189. The molecule has 0 spiro atoms. The minimum Gasteiger partial charge on any atom is -0.306 e. The van der Waals surface area contributed by atoms with Crippen molar-refractivity contribution in [2.24, 2.45) is 0 Å². The molecule has 0 radical (unpaired) electrons. The lowest BCUT2D eigenvalue weighted by Gasteiger charge is -2.36. The molecule has 116 valence electrons. The summed E-state index contributed by atoms with van der Waals surface area (Å²) in [4.78, 5) is 2.99. The third-order valence-electron chi connectivity index (χ3n) is 4.69. The van der Waals surface area contributed by atoms with E-state index in [4.69, 9.17) is 0 Å². The van der Waals surface area contributed by atoms with Crippen LogP contribution in [-0.4, -0.2) is 44.7 Å². The zero-order valence-corrected chi connectivity index (χ0v) is 13.4. The largest absolute Gasteiger partial charge is 0.306 e. The molecule has 21 heavy (non-hydrogen) atoms. The smallest absolute Gasteiger partial charge is 0.178 e. The third-order valence-corrected chi connectivity index (χ3v) is 6.51. The fourth-order valence-electron chi connectivity index (χ4n) is 3.53. The van der Waals surface area contributed by atoms with Crippen molar-refractivity contribution in [1.29, 1.82) is 0 Å². The van der Waals surface area contributed by atoms with Gasteiger partial charge in [-0.25, -0.2) is 8.42 Å². The summed E-state index contributed by atoms with van der Waals surface area (Å²) in [6, 6.07) is 8.11. The molecule has 1 N–H and O–H groups in total. The molecule has 0 bridgehead atoms. The second kappa shape index (κ2) is 6.07. The van der Waals surface area contributed by atoms with Gasteiger partial charge in [0.25, 0.3) is 0 Å². The van der Waals surface area contributed by atoms with E-state index in [1.54, 1.807) is 6.07 Å². The molecule has 0 amide bonds. The molecule has 2 aliphatic rings. The minimum atomic E-state index is -3.08. The first kappa shape index (κ1) is 15.0. The molecule has 4 nitrogen and oxygen atoms in total. The Kier molecular flexibility index (Phi) is 4.33. The number of sulfone groups is 1. The SMILES string of the molecule is CCN1CCCC(NC2CCS(=O)(=O)c3ccccc32)C1. The van der Waals surface area contributed by atoms with Crippen molar-refractivity contribution in [2.75, 3.05) is 25.4 Å². The maximum atomic E-state index is 12.2. The lowest BCUT2D eigenvalue weighted by atomic mass is 9.99. The first-order valence-corrected chi connectivity index (χ1v) is 9.55. The molecule has 5 heteroatoms. The van der Waals surface area contributed by atoms with Gasteiger partial charge in [-0.1, -0.05) is 25.1 Å². The Labute approximate surface area is 127 Å². The number of rotatable bonds is 3. The highest BCUT2D eigenvalue weighted by atomic mass is 32.2. The zero-order chi connectivity index (χ0) is 14.9. The van der Waals surface area contributed by atoms with Crippen molar-refractivity contribution in [1.82, 2.24) is 10.2 Å². The maximum absolute atomic E-state index is 12.2. The third kappa shape index (κ3) is 3.15. The Morgan fingerprint density at radius 2 is 2.10 bits per heavy atom. The Morgan fingerprint density at radius 1 is 1.29 bits per heavy atom. The number of hydrogen-bond acceptors (Lipinski definition) is 4. The van der Waals surface area contributed by atoms with Gasteiger partial charge in [-0.05, 0) is 44.0 Å². The van der Waals surface area contributed by atoms with Crippen LogP contribution in [0.1, 0.15) is 37.8 Å². The topological polar surface area (TPSA) is 49.4 Å². The quantitative estimate of drug-likeness (QED) is 0.927. The summed E-state index contributed by atoms with van der Waals surface area (Å²) in [6.45, 7) is 5.55. The summed E-state index contributed by atoms with van der Waals surface area (Å²) < 4.78 is 24.3. The fourth-order valence-corrected chi connectivity index (χ4v) is 5.15. The van der Waals surface area contributed by atoms with Gasteiger partial charge in [0, 0.05) is 18.6 Å². The second-order valence-corrected chi connectivity index (χ2v) is 8.17. The number of likely N-dealkylation sites (tertiary alicyclic amines) is 1. The van der Waals surface area contributed by atoms with Gasteiger partial charge in [0.05, 0.1) is 10.6 Å². The molecule has 0 aliphatic carbocycles. The van der Waals surface area contributed by atoms with Gasteiger partial charge in [0.1, 0.15) is 0 Å². The van der Waals surface area contributed by atoms with Crippen molar-refractivity contribution >= 4 is 9.84 Å². The molecule has 2 heterocycles. The summed E-state index contributed by atoms with van der Waals surface area (Å²) in [5.74, 6) is 0.256. The Hall–Kier alpha value is -0.910. The summed E-state index contributed by atoms with van der Waals surface area (Å²) in [5.41, 5.74) is 0.956. The number of likely N-dealkylation sites (N-methyl/N-ethyl adjacent to an activating group) is 1. The molecule has 2 aliphatic heterocycles. The molecule has 1 aromatic rings. The summed E-state index contributed by atoms with van der Waals surface area (Å²) in [5, 5.41) is 3.71. The van der Waals surface area contributed by atoms with E-state index >= 15 is 0 Å². The fraction of sp³-hybridized carbons (Fsp3) is 0.625. The van der Waals surface area contributed by atoms with E-state index in [9.17, 15) is 8.42 Å². The number of benzene rings is 1. The molecule has 3 rings (SSSR count). The van der Waals surface area contributed by atoms with Crippen molar-refractivity contribution in [3.8, 4) is 0 Å². The van der Waals surface area contributed by atoms with Crippen LogP contribution < -0.4 is 5.32 Å². The molecule has 2 unspecified atom stereocenters. The van der Waals surface area contributed by atoms with Crippen LogP contribution in [0.5, 0.6) is 0 Å². The Bertz CT molecular complexity index is 600. The normalized spacial score (nSPS) is 29.0. The van der Waals surface area contributed by atoms with Crippen LogP contribution >= 0.6 is 0 Å². The van der Waals surface area contributed by atoms with Crippen molar-refractivity contribution in [3.05, 3.63) is 29.8 Å². The van der Waals surface area contributed by atoms with Crippen molar-refractivity contribution < 1.29 is 8.42 Å². The standard InChI is InChI=1S/C16H24N2O2S/c1-2-18-10-5-6-13(12-18)17-15-9-11-21(19,20)16-8-4-3-7-14(15)16/h3-4,7-8,13,15,17H,2,5-6,9-12H2,1H3. The molecular weight excluding hydrogens is 284 g/mol. The predicted molar refractivity (Wildman–Crippen MR) is 84.1 cm³/mol. The first-order chi connectivity index (χ1) is 10.1. The molecule has 2 atom stereocenters. The van der Waals surface area contributed by atoms with Gasteiger partial charge < -0.3 is 10.2 Å². The van der Waals surface area contributed by atoms with E-state index in [1.807, 2.05) is 18.2 Å². The predicted octanol–water partition coefficient (Wildman–Crippen LogP) is 1.98. The van der Waals surface area contributed by atoms with E-state index in [-0.39, 0.29) is 11.8 Å². The minimum absolute atomic E-state index is 0.173. The average Bonchev–Trinajstić information content (AvgIpc) is 2.51. The number of fused-ring (bicyclic) bond motifs is 1. The van der Waals surface area contributed by atoms with E-state index < -0.39 is 9.84 Å². The molecule has 1 fully saturated rings.